The van der Waals surface area contributed by atoms with E-state index in [9.17, 15) is 14.4 Å². The molecule has 0 saturated carbocycles. The van der Waals surface area contributed by atoms with Crippen LogP contribution in [0.3, 0.4) is 0 Å². The van der Waals surface area contributed by atoms with Crippen molar-refractivity contribution in [1.29, 1.82) is 0 Å². The van der Waals surface area contributed by atoms with Crippen LogP contribution in [0.1, 0.15) is 30.6 Å². The maximum absolute atomic E-state index is 12.3. The summed E-state index contributed by atoms with van der Waals surface area (Å²) >= 11 is 0. The summed E-state index contributed by atoms with van der Waals surface area (Å²) in [4.78, 5) is 36.3. The van der Waals surface area contributed by atoms with Gasteiger partial charge in [-0.15, -0.1) is 0 Å². The van der Waals surface area contributed by atoms with E-state index in [1.807, 2.05) is 13.8 Å². The Bertz CT molecular complexity index is 1020. The van der Waals surface area contributed by atoms with Crippen molar-refractivity contribution in [2.45, 2.75) is 32.9 Å². The fourth-order valence-corrected chi connectivity index (χ4v) is 2.62. The number of carbonyl (C=O) groups excluding carboxylic acids is 2. The summed E-state index contributed by atoms with van der Waals surface area (Å²) in [6, 6.07) is 13.6. The molecular formula is C20H21N3O4. The second-order valence-corrected chi connectivity index (χ2v) is 6.33. The zero-order valence-electron chi connectivity index (χ0n) is 15.2. The number of anilines is 1. The van der Waals surface area contributed by atoms with Gasteiger partial charge in [0, 0.05) is 17.3 Å². The molecular weight excluding hydrogens is 346 g/mol. The maximum atomic E-state index is 12.3. The maximum Gasteiger partial charge on any atom is 0.420 e. The zero-order valence-corrected chi connectivity index (χ0v) is 15.2. The lowest BCUT2D eigenvalue weighted by molar-refractivity contribution is -0.116. The van der Waals surface area contributed by atoms with E-state index in [2.05, 4.69) is 10.6 Å². The van der Waals surface area contributed by atoms with Gasteiger partial charge in [0.2, 0.25) is 5.91 Å². The highest BCUT2D eigenvalue weighted by atomic mass is 16.4. The van der Waals surface area contributed by atoms with Crippen molar-refractivity contribution in [2.24, 2.45) is 0 Å². The fourth-order valence-electron chi connectivity index (χ4n) is 2.62. The van der Waals surface area contributed by atoms with E-state index in [0.717, 1.165) is 6.42 Å². The summed E-state index contributed by atoms with van der Waals surface area (Å²) in [6.45, 7) is 3.78. The summed E-state index contributed by atoms with van der Waals surface area (Å²) in [6.07, 6.45) is 0.849. The number of carbonyl (C=O) groups is 2. The normalized spacial score (nSPS) is 11.9. The van der Waals surface area contributed by atoms with Crippen molar-refractivity contribution < 1.29 is 14.0 Å². The number of benzene rings is 2. The van der Waals surface area contributed by atoms with E-state index in [0.29, 0.717) is 22.4 Å². The Morgan fingerprint density at radius 1 is 1.11 bits per heavy atom. The van der Waals surface area contributed by atoms with Crippen LogP contribution in [-0.4, -0.2) is 22.4 Å². The molecule has 1 atom stereocenters. The summed E-state index contributed by atoms with van der Waals surface area (Å²) in [7, 11) is 0. The Kier molecular flexibility index (Phi) is 5.40. The summed E-state index contributed by atoms with van der Waals surface area (Å²) in [5.74, 6) is -1.09. The first-order chi connectivity index (χ1) is 13.0. The van der Waals surface area contributed by atoms with Crippen molar-refractivity contribution >= 4 is 28.6 Å². The van der Waals surface area contributed by atoms with Gasteiger partial charge in [0.15, 0.2) is 5.58 Å². The first kappa shape index (κ1) is 18.4. The van der Waals surface area contributed by atoms with Gasteiger partial charge < -0.3 is 15.1 Å². The molecule has 7 nitrogen and oxygen atoms in total. The molecule has 140 valence electrons. The number of rotatable bonds is 6. The molecule has 0 fully saturated rings. The van der Waals surface area contributed by atoms with Gasteiger partial charge in [0.05, 0.1) is 5.52 Å². The molecule has 2 N–H and O–H groups in total. The second-order valence-electron chi connectivity index (χ2n) is 6.33. The predicted molar refractivity (Wildman–Crippen MR) is 103 cm³/mol. The molecule has 0 bridgehead atoms. The Labute approximate surface area is 156 Å². The molecule has 0 aliphatic heterocycles. The van der Waals surface area contributed by atoms with E-state index >= 15 is 0 Å². The van der Waals surface area contributed by atoms with E-state index in [1.165, 1.54) is 4.57 Å². The summed E-state index contributed by atoms with van der Waals surface area (Å²) < 4.78 is 6.39. The number of oxazole rings is 1. The number of fused-ring (bicyclic) bond motifs is 1. The third kappa shape index (κ3) is 4.25. The monoisotopic (exact) mass is 367 g/mol. The Balaban J connectivity index is 1.66. The third-order valence-corrected chi connectivity index (χ3v) is 4.30. The van der Waals surface area contributed by atoms with Gasteiger partial charge in [-0.2, -0.15) is 0 Å². The first-order valence-electron chi connectivity index (χ1n) is 8.77. The Morgan fingerprint density at radius 2 is 1.81 bits per heavy atom. The topological polar surface area (TPSA) is 93.3 Å². The molecule has 0 spiro atoms. The zero-order chi connectivity index (χ0) is 19.4. The molecule has 3 rings (SSSR count). The van der Waals surface area contributed by atoms with Crippen LogP contribution >= 0.6 is 0 Å². The van der Waals surface area contributed by atoms with Crippen molar-refractivity contribution in [3.8, 4) is 0 Å². The van der Waals surface area contributed by atoms with Gasteiger partial charge in [-0.05, 0) is 49.7 Å². The van der Waals surface area contributed by atoms with Crippen molar-refractivity contribution in [2.75, 3.05) is 5.32 Å². The molecule has 0 unspecified atom stereocenters. The van der Waals surface area contributed by atoms with Crippen molar-refractivity contribution in [3.05, 3.63) is 64.6 Å². The quantitative estimate of drug-likeness (QED) is 0.701. The minimum Gasteiger partial charge on any atom is -0.408 e. The van der Waals surface area contributed by atoms with Crippen LogP contribution in [0.2, 0.25) is 0 Å². The highest BCUT2D eigenvalue weighted by Crippen LogP contribution is 2.13. The van der Waals surface area contributed by atoms with Crippen molar-refractivity contribution in [1.82, 2.24) is 9.88 Å². The van der Waals surface area contributed by atoms with Gasteiger partial charge >= 0.3 is 5.76 Å². The molecule has 7 heteroatoms. The molecule has 0 saturated heterocycles. The van der Waals surface area contributed by atoms with Crippen LogP contribution in [0.5, 0.6) is 0 Å². The van der Waals surface area contributed by atoms with Gasteiger partial charge in [-0.1, -0.05) is 19.1 Å². The van der Waals surface area contributed by atoms with E-state index in [4.69, 9.17) is 4.42 Å². The average molecular weight is 367 g/mol. The molecule has 0 aliphatic rings. The fraction of sp³-hybridized carbons (Fsp3) is 0.250. The molecule has 3 aromatic rings. The van der Waals surface area contributed by atoms with Crippen LogP contribution in [0, 0.1) is 0 Å². The van der Waals surface area contributed by atoms with Gasteiger partial charge in [-0.25, -0.2) is 4.79 Å². The molecule has 27 heavy (non-hydrogen) atoms. The summed E-state index contributed by atoms with van der Waals surface area (Å²) in [5, 5.41) is 5.60. The minimum atomic E-state index is -0.580. The van der Waals surface area contributed by atoms with Gasteiger partial charge in [0.25, 0.3) is 5.91 Å². The number of aromatic nitrogens is 1. The van der Waals surface area contributed by atoms with Crippen LogP contribution in [0.15, 0.2) is 57.7 Å². The van der Waals surface area contributed by atoms with Crippen LogP contribution in [0.25, 0.3) is 11.1 Å². The van der Waals surface area contributed by atoms with Crippen LogP contribution in [0.4, 0.5) is 5.69 Å². The second kappa shape index (κ2) is 7.90. The lowest BCUT2D eigenvalue weighted by atomic mass is 10.1. The van der Waals surface area contributed by atoms with E-state index in [-0.39, 0.29) is 24.4 Å². The molecule has 0 radical (unpaired) electrons. The van der Waals surface area contributed by atoms with Crippen molar-refractivity contribution in [3.63, 3.8) is 0 Å². The number of hydrogen-bond donors (Lipinski definition) is 2. The number of amides is 2. The molecule has 0 aliphatic carbocycles. The largest absolute Gasteiger partial charge is 0.420 e. The summed E-state index contributed by atoms with van der Waals surface area (Å²) in [5.41, 5.74) is 2.06. The Hall–Kier alpha value is -3.35. The number of nitrogens with zero attached hydrogens (tertiary/aromatic N) is 1. The molecule has 2 amide bonds. The van der Waals surface area contributed by atoms with E-state index < -0.39 is 5.76 Å². The first-order valence-corrected chi connectivity index (χ1v) is 8.77. The molecule has 1 heterocycles. The van der Waals surface area contributed by atoms with E-state index in [1.54, 1.807) is 48.5 Å². The van der Waals surface area contributed by atoms with Crippen LogP contribution < -0.4 is 16.4 Å². The Morgan fingerprint density at radius 3 is 2.52 bits per heavy atom. The smallest absolute Gasteiger partial charge is 0.408 e. The van der Waals surface area contributed by atoms with Gasteiger partial charge in [0.1, 0.15) is 6.54 Å². The number of nitrogens with one attached hydrogen (secondary N) is 2. The number of hydrogen-bond acceptors (Lipinski definition) is 4. The number of para-hydroxylation sites is 2. The third-order valence-electron chi connectivity index (χ3n) is 4.30. The van der Waals surface area contributed by atoms with Crippen LogP contribution in [-0.2, 0) is 11.3 Å². The average Bonchev–Trinajstić information content (AvgIpc) is 2.97. The SMILES string of the molecule is CC[C@H](C)NC(=O)c1ccc(NC(=O)Cn2c(=O)oc3ccccc32)cc1. The highest BCUT2D eigenvalue weighted by Gasteiger charge is 2.13. The lowest BCUT2D eigenvalue weighted by Gasteiger charge is -2.12. The molecule has 2 aromatic carbocycles. The van der Waals surface area contributed by atoms with Gasteiger partial charge in [-0.3, -0.25) is 14.2 Å². The minimum absolute atomic E-state index is 0.0972. The molecule has 1 aromatic heterocycles. The standard InChI is InChI=1S/C20H21N3O4/c1-3-13(2)21-19(25)14-8-10-15(11-9-14)22-18(24)12-23-16-6-4-5-7-17(16)27-20(23)26/h4-11,13H,3,12H2,1-2H3,(H,21,25)(H,22,24)/t13-/m0/s1. The lowest BCUT2D eigenvalue weighted by Crippen LogP contribution is -2.31. The predicted octanol–water partition coefficient (Wildman–Crippen LogP) is 2.76. The highest BCUT2D eigenvalue weighted by molar-refractivity contribution is 5.96.